The van der Waals surface area contributed by atoms with Crippen molar-refractivity contribution in [3.8, 4) is 10.7 Å². The van der Waals surface area contributed by atoms with Gasteiger partial charge >= 0.3 is 0 Å². The minimum Gasteiger partial charge on any atom is -0.350 e. The molecule has 24 heavy (non-hydrogen) atoms. The number of halogens is 1. The van der Waals surface area contributed by atoms with Gasteiger partial charge in [-0.05, 0) is 24.1 Å². The lowest BCUT2D eigenvalue weighted by atomic mass is 10.2. The van der Waals surface area contributed by atoms with Crippen molar-refractivity contribution in [1.29, 1.82) is 0 Å². The van der Waals surface area contributed by atoms with Crippen LogP contribution >= 0.6 is 11.3 Å². The monoisotopic (exact) mass is 344 g/mol. The Morgan fingerprint density at radius 3 is 2.83 bits per heavy atom. The average molecular weight is 344 g/mol. The third-order valence-electron chi connectivity index (χ3n) is 3.50. The Bertz CT molecular complexity index is 825. The first-order valence-electron chi connectivity index (χ1n) is 7.61. The first kappa shape index (κ1) is 16.3. The van der Waals surface area contributed by atoms with Gasteiger partial charge in [0.2, 0.25) is 5.91 Å². The van der Waals surface area contributed by atoms with Gasteiger partial charge in [0, 0.05) is 18.1 Å². The zero-order valence-electron chi connectivity index (χ0n) is 13.2. The van der Waals surface area contributed by atoms with Crippen LogP contribution in [0.5, 0.6) is 0 Å². The van der Waals surface area contributed by atoms with Crippen LogP contribution in [0.25, 0.3) is 10.7 Å². The molecule has 0 bridgehead atoms. The molecule has 124 valence electrons. The largest absolute Gasteiger partial charge is 0.350 e. The molecule has 0 radical (unpaired) electrons. The number of aryl methyl sites for hydroxylation is 1. The predicted molar refractivity (Wildman–Crippen MR) is 91.0 cm³/mol. The highest BCUT2D eigenvalue weighted by Gasteiger charge is 2.09. The second-order valence-corrected chi connectivity index (χ2v) is 6.19. The number of carbonyl (C=O) groups excluding carboxylic acids is 1. The molecule has 0 aliphatic rings. The summed E-state index contributed by atoms with van der Waals surface area (Å²) in [6.07, 6.45) is 4.33. The fourth-order valence-corrected chi connectivity index (χ4v) is 3.03. The molecule has 2 heterocycles. The molecule has 5 nitrogen and oxygen atoms in total. The van der Waals surface area contributed by atoms with E-state index in [4.69, 9.17) is 0 Å². The van der Waals surface area contributed by atoms with Gasteiger partial charge in [-0.25, -0.2) is 14.4 Å². The van der Waals surface area contributed by atoms with E-state index < -0.39 is 0 Å². The van der Waals surface area contributed by atoms with Gasteiger partial charge in [0.1, 0.15) is 23.1 Å². The van der Waals surface area contributed by atoms with E-state index in [2.05, 4.69) is 22.2 Å². The fourth-order valence-electron chi connectivity index (χ4n) is 2.17. The summed E-state index contributed by atoms with van der Waals surface area (Å²) in [7, 11) is 0. The first-order chi connectivity index (χ1) is 11.6. The number of hydrogen-bond acceptors (Lipinski definition) is 4. The summed E-state index contributed by atoms with van der Waals surface area (Å²) >= 11 is 1.55. The average Bonchev–Trinajstić information content (AvgIpc) is 3.23. The molecule has 0 fully saturated rings. The summed E-state index contributed by atoms with van der Waals surface area (Å²) in [5, 5.41) is 5.68. The summed E-state index contributed by atoms with van der Waals surface area (Å²) in [6.45, 7) is 2.61. The van der Waals surface area contributed by atoms with Crippen molar-refractivity contribution in [3.63, 3.8) is 0 Å². The molecule has 2 aromatic heterocycles. The Hall–Kier alpha value is -2.54. The standard InChI is InChI=1S/C17H17FN4OS/c1-2-14-10-24-17(21-14)15-8-22(11-20-15)9-16(23)19-7-12-3-5-13(18)6-4-12/h3-6,8,10-11H,2,7,9H2,1H3,(H,19,23). The van der Waals surface area contributed by atoms with Crippen molar-refractivity contribution in [2.75, 3.05) is 0 Å². The van der Waals surface area contributed by atoms with Crippen LogP contribution in [0.1, 0.15) is 18.2 Å². The highest BCUT2D eigenvalue weighted by Crippen LogP contribution is 2.21. The topological polar surface area (TPSA) is 59.8 Å². The van der Waals surface area contributed by atoms with Crippen LogP contribution in [0, 0.1) is 5.82 Å². The number of thiazole rings is 1. The molecule has 0 unspecified atom stereocenters. The maximum Gasteiger partial charge on any atom is 0.240 e. The van der Waals surface area contributed by atoms with Crippen molar-refractivity contribution in [2.45, 2.75) is 26.4 Å². The Balaban J connectivity index is 1.56. The Kier molecular flexibility index (Phi) is 5.00. The van der Waals surface area contributed by atoms with Gasteiger partial charge in [-0.3, -0.25) is 4.79 Å². The lowest BCUT2D eigenvalue weighted by Gasteiger charge is -2.05. The predicted octanol–water partition coefficient (Wildman–Crippen LogP) is 3.02. The molecule has 1 N–H and O–H groups in total. The first-order valence-corrected chi connectivity index (χ1v) is 8.49. The van der Waals surface area contributed by atoms with Crippen molar-refractivity contribution in [3.05, 3.63) is 59.2 Å². The van der Waals surface area contributed by atoms with Gasteiger partial charge in [0.05, 0.1) is 12.0 Å². The smallest absolute Gasteiger partial charge is 0.240 e. The second-order valence-electron chi connectivity index (χ2n) is 5.33. The molecule has 7 heteroatoms. The number of carbonyl (C=O) groups is 1. The van der Waals surface area contributed by atoms with Gasteiger partial charge in [0.25, 0.3) is 0 Å². The van der Waals surface area contributed by atoms with Gasteiger partial charge in [-0.1, -0.05) is 19.1 Å². The maximum absolute atomic E-state index is 12.8. The number of amides is 1. The van der Waals surface area contributed by atoms with E-state index in [-0.39, 0.29) is 18.3 Å². The van der Waals surface area contributed by atoms with Crippen LogP contribution in [0.2, 0.25) is 0 Å². The van der Waals surface area contributed by atoms with E-state index in [9.17, 15) is 9.18 Å². The lowest BCUT2D eigenvalue weighted by molar-refractivity contribution is -0.121. The summed E-state index contributed by atoms with van der Waals surface area (Å²) in [5.74, 6) is -0.416. The highest BCUT2D eigenvalue weighted by molar-refractivity contribution is 7.13. The SMILES string of the molecule is CCc1csc(-c2cn(CC(=O)NCc3ccc(F)cc3)cn2)n1. The third-order valence-corrected chi connectivity index (χ3v) is 4.41. The second kappa shape index (κ2) is 7.35. The van der Waals surface area contributed by atoms with Crippen LogP contribution in [0.15, 0.2) is 42.2 Å². The van der Waals surface area contributed by atoms with E-state index >= 15 is 0 Å². The quantitative estimate of drug-likeness (QED) is 0.748. The molecule has 0 aliphatic carbocycles. The molecule has 1 aromatic carbocycles. The number of aromatic nitrogens is 3. The van der Waals surface area contributed by atoms with E-state index in [1.807, 2.05) is 11.6 Å². The normalized spacial score (nSPS) is 10.8. The molecule has 3 aromatic rings. The van der Waals surface area contributed by atoms with Crippen molar-refractivity contribution in [2.24, 2.45) is 0 Å². The minimum atomic E-state index is -0.288. The van der Waals surface area contributed by atoms with Crippen LogP contribution in [-0.4, -0.2) is 20.4 Å². The molecule has 0 saturated carbocycles. The van der Waals surface area contributed by atoms with Gasteiger partial charge < -0.3 is 9.88 Å². The molecule has 0 saturated heterocycles. The number of nitrogens with one attached hydrogen (secondary N) is 1. The maximum atomic E-state index is 12.8. The van der Waals surface area contributed by atoms with Gasteiger partial charge in [0.15, 0.2) is 0 Å². The zero-order chi connectivity index (χ0) is 16.9. The lowest BCUT2D eigenvalue weighted by Crippen LogP contribution is -2.26. The van der Waals surface area contributed by atoms with Crippen LogP contribution in [-0.2, 0) is 24.3 Å². The number of benzene rings is 1. The molecule has 1 amide bonds. The van der Waals surface area contributed by atoms with Crippen molar-refractivity contribution >= 4 is 17.2 Å². The van der Waals surface area contributed by atoms with Crippen molar-refractivity contribution < 1.29 is 9.18 Å². The highest BCUT2D eigenvalue weighted by atomic mass is 32.1. The van der Waals surface area contributed by atoms with Crippen LogP contribution in [0.3, 0.4) is 0 Å². The van der Waals surface area contributed by atoms with Crippen molar-refractivity contribution in [1.82, 2.24) is 19.9 Å². The van der Waals surface area contributed by atoms with Crippen LogP contribution in [0.4, 0.5) is 4.39 Å². The molecular formula is C17H17FN4OS. The summed E-state index contributed by atoms with van der Waals surface area (Å²) in [5.41, 5.74) is 2.67. The van der Waals surface area contributed by atoms with Gasteiger partial charge in [-0.2, -0.15) is 0 Å². The van der Waals surface area contributed by atoms with E-state index in [1.165, 1.54) is 12.1 Å². The molecule has 3 rings (SSSR count). The Morgan fingerprint density at radius 2 is 2.12 bits per heavy atom. The van der Waals surface area contributed by atoms with Crippen LogP contribution < -0.4 is 5.32 Å². The summed E-state index contributed by atoms with van der Waals surface area (Å²) in [4.78, 5) is 20.8. The molecule has 0 atom stereocenters. The Morgan fingerprint density at radius 1 is 1.33 bits per heavy atom. The molecule has 0 aliphatic heterocycles. The zero-order valence-corrected chi connectivity index (χ0v) is 14.0. The van der Waals surface area contributed by atoms with E-state index in [0.29, 0.717) is 6.54 Å². The summed E-state index contributed by atoms with van der Waals surface area (Å²) in [6, 6.07) is 6.06. The van der Waals surface area contributed by atoms with E-state index in [0.717, 1.165) is 28.4 Å². The number of nitrogens with zero attached hydrogens (tertiary/aromatic N) is 3. The Labute approximate surface area is 143 Å². The number of hydrogen-bond donors (Lipinski definition) is 1. The van der Waals surface area contributed by atoms with Gasteiger partial charge in [-0.15, -0.1) is 11.3 Å². The number of imidazole rings is 1. The van der Waals surface area contributed by atoms with E-state index in [1.54, 1.807) is 34.4 Å². The molecule has 0 spiro atoms. The molecular weight excluding hydrogens is 327 g/mol. The number of rotatable bonds is 6. The minimum absolute atomic E-state index is 0.128. The summed E-state index contributed by atoms with van der Waals surface area (Å²) < 4.78 is 14.6. The third kappa shape index (κ3) is 4.05. The fraction of sp³-hybridized carbons (Fsp3) is 0.235.